The Kier molecular flexibility index (Phi) is 4.46. The van der Waals surface area contributed by atoms with Gasteiger partial charge in [-0.05, 0) is 56.4 Å². The van der Waals surface area contributed by atoms with Crippen LogP contribution in [0.1, 0.15) is 46.4 Å². The van der Waals surface area contributed by atoms with Gasteiger partial charge in [-0.3, -0.25) is 19.6 Å². The van der Waals surface area contributed by atoms with Crippen molar-refractivity contribution in [2.45, 2.75) is 38.0 Å². The Labute approximate surface area is 174 Å². The molecule has 4 heterocycles. The van der Waals surface area contributed by atoms with Gasteiger partial charge in [0.2, 0.25) is 0 Å². The van der Waals surface area contributed by atoms with Gasteiger partial charge in [0.1, 0.15) is 5.82 Å². The zero-order chi connectivity index (χ0) is 20.7. The summed E-state index contributed by atoms with van der Waals surface area (Å²) in [6, 6.07) is 5.60. The van der Waals surface area contributed by atoms with Gasteiger partial charge in [0, 0.05) is 54.4 Å². The van der Waals surface area contributed by atoms with Crippen LogP contribution >= 0.6 is 0 Å². The molecule has 3 aromatic rings. The standard InChI is InChI=1S/C23H23N5O2/c1-15-5-10-25-14-18(15)22(30)28-11-7-23(8-12-28)6-4-17-19(23)26-20(27-21(17)29)16-3-2-9-24-13-16/h2-3,5,9-10,13-14H,4,6-8,11-12H2,1H3,(H,26,27,29). The summed E-state index contributed by atoms with van der Waals surface area (Å²) < 4.78 is 0. The molecule has 2 aliphatic rings. The van der Waals surface area contributed by atoms with Gasteiger partial charge in [0.25, 0.3) is 11.5 Å². The van der Waals surface area contributed by atoms with Gasteiger partial charge in [-0.25, -0.2) is 4.98 Å². The van der Waals surface area contributed by atoms with Crippen molar-refractivity contribution in [3.63, 3.8) is 0 Å². The molecule has 1 fully saturated rings. The number of hydrogen-bond acceptors (Lipinski definition) is 5. The highest BCUT2D eigenvalue weighted by molar-refractivity contribution is 5.95. The van der Waals surface area contributed by atoms with Crippen molar-refractivity contribution < 1.29 is 4.79 Å². The number of rotatable bonds is 2. The zero-order valence-electron chi connectivity index (χ0n) is 16.9. The Morgan fingerprint density at radius 2 is 1.90 bits per heavy atom. The van der Waals surface area contributed by atoms with E-state index in [1.165, 1.54) is 0 Å². The van der Waals surface area contributed by atoms with Gasteiger partial charge < -0.3 is 9.88 Å². The lowest BCUT2D eigenvalue weighted by Gasteiger charge is -2.39. The van der Waals surface area contributed by atoms with Crippen LogP contribution in [0.2, 0.25) is 0 Å². The normalized spacial score (nSPS) is 17.2. The number of nitrogens with zero attached hydrogens (tertiary/aromatic N) is 4. The smallest absolute Gasteiger partial charge is 0.255 e. The van der Waals surface area contributed by atoms with Gasteiger partial charge in [0.05, 0.1) is 11.3 Å². The number of carbonyl (C=O) groups excluding carboxylic acids is 1. The van der Waals surface area contributed by atoms with Crippen molar-refractivity contribution in [3.8, 4) is 11.4 Å². The van der Waals surface area contributed by atoms with Crippen LogP contribution in [-0.2, 0) is 11.8 Å². The quantitative estimate of drug-likeness (QED) is 0.713. The summed E-state index contributed by atoms with van der Waals surface area (Å²) in [6.45, 7) is 3.25. The molecule has 1 aliphatic carbocycles. The predicted octanol–water partition coefficient (Wildman–Crippen LogP) is 2.66. The summed E-state index contributed by atoms with van der Waals surface area (Å²) in [6.07, 6.45) is 10.0. The first-order valence-electron chi connectivity index (χ1n) is 10.3. The highest BCUT2D eigenvalue weighted by Crippen LogP contribution is 2.44. The lowest BCUT2D eigenvalue weighted by Crippen LogP contribution is -2.45. The highest BCUT2D eigenvalue weighted by Gasteiger charge is 2.44. The van der Waals surface area contributed by atoms with Crippen molar-refractivity contribution >= 4 is 5.91 Å². The summed E-state index contributed by atoms with van der Waals surface area (Å²) in [7, 11) is 0. The van der Waals surface area contributed by atoms with E-state index >= 15 is 0 Å². The van der Waals surface area contributed by atoms with E-state index in [4.69, 9.17) is 4.98 Å². The van der Waals surface area contributed by atoms with E-state index < -0.39 is 0 Å². The molecule has 1 saturated heterocycles. The molecule has 0 bridgehead atoms. The molecule has 0 unspecified atom stereocenters. The maximum atomic E-state index is 13.0. The molecule has 1 aliphatic heterocycles. The van der Waals surface area contributed by atoms with E-state index in [0.717, 1.165) is 48.1 Å². The highest BCUT2D eigenvalue weighted by atomic mass is 16.2. The maximum absolute atomic E-state index is 13.0. The number of amides is 1. The average Bonchev–Trinajstić information content (AvgIpc) is 3.13. The number of carbonyl (C=O) groups is 1. The van der Waals surface area contributed by atoms with Gasteiger partial charge in [0.15, 0.2) is 0 Å². The third-order valence-corrected chi connectivity index (χ3v) is 6.58. The number of fused-ring (bicyclic) bond motifs is 2. The molecule has 0 saturated carbocycles. The van der Waals surface area contributed by atoms with Crippen LogP contribution in [0.5, 0.6) is 0 Å². The molecule has 5 rings (SSSR count). The average molecular weight is 401 g/mol. The van der Waals surface area contributed by atoms with Crippen molar-refractivity contribution in [2.75, 3.05) is 13.1 Å². The van der Waals surface area contributed by atoms with E-state index in [1.807, 2.05) is 30.0 Å². The van der Waals surface area contributed by atoms with E-state index in [9.17, 15) is 9.59 Å². The first-order chi connectivity index (χ1) is 14.6. The molecule has 7 heteroatoms. The summed E-state index contributed by atoms with van der Waals surface area (Å²) in [5.74, 6) is 0.598. The van der Waals surface area contributed by atoms with Gasteiger partial charge >= 0.3 is 0 Å². The Morgan fingerprint density at radius 3 is 2.63 bits per heavy atom. The van der Waals surface area contributed by atoms with Crippen LogP contribution < -0.4 is 5.56 Å². The van der Waals surface area contributed by atoms with E-state index in [2.05, 4.69) is 15.0 Å². The fourth-order valence-corrected chi connectivity index (χ4v) is 4.77. The van der Waals surface area contributed by atoms with Crippen molar-refractivity contribution in [2.24, 2.45) is 0 Å². The molecule has 0 atom stereocenters. The third-order valence-electron chi connectivity index (χ3n) is 6.58. The first kappa shape index (κ1) is 18.7. The topological polar surface area (TPSA) is 91.8 Å². The number of hydrogen-bond donors (Lipinski definition) is 1. The number of H-pyrrole nitrogens is 1. The molecule has 30 heavy (non-hydrogen) atoms. The molecule has 1 spiro atoms. The maximum Gasteiger partial charge on any atom is 0.255 e. The fraction of sp³-hybridized carbons (Fsp3) is 0.348. The number of likely N-dealkylation sites (tertiary alicyclic amines) is 1. The Morgan fingerprint density at radius 1 is 1.10 bits per heavy atom. The van der Waals surface area contributed by atoms with Gasteiger partial charge in [-0.1, -0.05) is 0 Å². The molecule has 1 amide bonds. The number of pyridine rings is 2. The predicted molar refractivity (Wildman–Crippen MR) is 112 cm³/mol. The minimum Gasteiger partial charge on any atom is -0.339 e. The van der Waals surface area contributed by atoms with Gasteiger partial charge in [-0.2, -0.15) is 0 Å². The van der Waals surface area contributed by atoms with Crippen molar-refractivity contribution in [1.29, 1.82) is 0 Å². The van der Waals surface area contributed by atoms with E-state index in [1.54, 1.807) is 24.8 Å². The second-order valence-corrected chi connectivity index (χ2v) is 8.25. The summed E-state index contributed by atoms with van der Waals surface area (Å²) in [5, 5.41) is 0. The molecular formula is C23H23N5O2. The van der Waals surface area contributed by atoms with Crippen molar-refractivity contribution in [1.82, 2.24) is 24.8 Å². The minimum atomic E-state index is -0.138. The Hall–Kier alpha value is -3.35. The second-order valence-electron chi connectivity index (χ2n) is 8.25. The third kappa shape index (κ3) is 3.01. The second kappa shape index (κ2) is 7.16. The molecule has 0 radical (unpaired) electrons. The van der Waals surface area contributed by atoms with Crippen LogP contribution in [0, 0.1) is 6.92 Å². The lowest BCUT2D eigenvalue weighted by atomic mass is 9.76. The molecule has 0 aromatic carbocycles. The SMILES string of the molecule is Cc1ccncc1C(=O)N1CCC2(CCc3c2nc(-c2cccnc2)[nH]c3=O)CC1. The number of aromatic amines is 1. The van der Waals surface area contributed by atoms with Crippen LogP contribution in [0.15, 0.2) is 47.8 Å². The summed E-state index contributed by atoms with van der Waals surface area (Å²) in [5.41, 5.74) is 3.92. The fourth-order valence-electron chi connectivity index (χ4n) is 4.77. The Bertz CT molecular complexity index is 1160. The number of aromatic nitrogens is 4. The molecule has 1 N–H and O–H groups in total. The van der Waals surface area contributed by atoms with Crippen LogP contribution in [0.3, 0.4) is 0 Å². The summed E-state index contributed by atoms with van der Waals surface area (Å²) >= 11 is 0. The van der Waals surface area contributed by atoms with Crippen LogP contribution in [0.25, 0.3) is 11.4 Å². The van der Waals surface area contributed by atoms with Crippen LogP contribution in [-0.4, -0.2) is 43.8 Å². The molecular weight excluding hydrogens is 378 g/mol. The van der Waals surface area contributed by atoms with Crippen molar-refractivity contribution in [3.05, 3.63) is 75.7 Å². The molecule has 7 nitrogen and oxygen atoms in total. The number of nitrogens with one attached hydrogen (secondary N) is 1. The summed E-state index contributed by atoms with van der Waals surface area (Å²) in [4.78, 5) is 43.7. The minimum absolute atomic E-state index is 0.0311. The first-order valence-corrected chi connectivity index (χ1v) is 10.3. The lowest BCUT2D eigenvalue weighted by molar-refractivity contribution is 0.0662. The van der Waals surface area contributed by atoms with E-state index in [0.29, 0.717) is 24.5 Å². The Balaban J connectivity index is 1.43. The number of aryl methyl sites for hydroxylation is 1. The van der Waals surface area contributed by atoms with Crippen LogP contribution in [0.4, 0.5) is 0 Å². The van der Waals surface area contributed by atoms with Gasteiger partial charge in [-0.15, -0.1) is 0 Å². The number of piperidine rings is 1. The molecule has 152 valence electrons. The zero-order valence-corrected chi connectivity index (χ0v) is 16.9. The molecule has 3 aromatic heterocycles. The van der Waals surface area contributed by atoms with E-state index in [-0.39, 0.29) is 16.9 Å². The monoisotopic (exact) mass is 401 g/mol. The largest absolute Gasteiger partial charge is 0.339 e.